The number of carbonyl (C=O) groups excluding carboxylic acids is 1. The minimum Gasteiger partial charge on any atom is -0.395 e. The fourth-order valence-corrected chi connectivity index (χ4v) is 1.48. The van der Waals surface area contributed by atoms with Crippen molar-refractivity contribution in [2.24, 2.45) is 0 Å². The highest BCUT2D eigenvalue weighted by Gasteiger charge is 2.11. The van der Waals surface area contributed by atoms with Crippen LogP contribution < -0.4 is 5.32 Å². The van der Waals surface area contributed by atoms with Crippen LogP contribution in [0.4, 0.5) is 14.9 Å². The van der Waals surface area contributed by atoms with Gasteiger partial charge in [-0.25, -0.2) is 9.18 Å². The van der Waals surface area contributed by atoms with Crippen molar-refractivity contribution in [1.29, 1.82) is 0 Å². The molecule has 0 heterocycles. The van der Waals surface area contributed by atoms with Crippen LogP contribution in [-0.4, -0.2) is 35.7 Å². The Balaban J connectivity index is 2.69. The number of carbonyl (C=O) groups is 1. The molecule has 0 aromatic heterocycles. The average Bonchev–Trinajstić information content (AvgIpc) is 2.30. The van der Waals surface area contributed by atoms with E-state index in [0.717, 1.165) is 0 Å². The lowest BCUT2D eigenvalue weighted by Gasteiger charge is -2.20. The summed E-state index contributed by atoms with van der Waals surface area (Å²) in [7, 11) is 0. The van der Waals surface area contributed by atoms with Crippen molar-refractivity contribution < 1.29 is 14.3 Å². The first-order valence-electron chi connectivity index (χ1n) is 5.20. The Kier molecular flexibility index (Phi) is 5.18. The van der Waals surface area contributed by atoms with E-state index < -0.39 is 5.82 Å². The average molecular weight is 261 g/mol. The van der Waals surface area contributed by atoms with Crippen molar-refractivity contribution in [2.45, 2.75) is 6.92 Å². The molecule has 0 saturated carbocycles. The summed E-state index contributed by atoms with van der Waals surface area (Å²) in [5.41, 5.74) is 0.415. The van der Waals surface area contributed by atoms with E-state index >= 15 is 0 Å². The molecule has 0 saturated heterocycles. The van der Waals surface area contributed by atoms with E-state index in [0.29, 0.717) is 12.2 Å². The number of benzene rings is 1. The smallest absolute Gasteiger partial charge is 0.321 e. The molecule has 0 aliphatic rings. The number of aliphatic hydroxyl groups excluding tert-OH is 1. The lowest BCUT2D eigenvalue weighted by Crippen LogP contribution is -2.36. The zero-order valence-corrected chi connectivity index (χ0v) is 10.2. The monoisotopic (exact) mass is 260 g/mol. The van der Waals surface area contributed by atoms with Gasteiger partial charge in [0.1, 0.15) is 5.82 Å². The summed E-state index contributed by atoms with van der Waals surface area (Å²) in [6, 6.07) is 3.58. The normalized spacial score (nSPS) is 10.1. The summed E-state index contributed by atoms with van der Waals surface area (Å²) in [5.74, 6) is -0.535. The van der Waals surface area contributed by atoms with Gasteiger partial charge in [0.05, 0.1) is 11.6 Å². The molecule has 0 aliphatic carbocycles. The van der Waals surface area contributed by atoms with Crippen molar-refractivity contribution >= 4 is 23.3 Å². The predicted molar refractivity (Wildman–Crippen MR) is 64.8 cm³/mol. The third-order valence-corrected chi connectivity index (χ3v) is 2.50. The lowest BCUT2D eigenvalue weighted by atomic mass is 10.3. The standard InChI is InChI=1S/C11H14ClFN2O2/c1-2-15(5-6-16)11(17)14-8-3-4-10(13)9(12)7-8/h3-4,7,16H,2,5-6H2,1H3,(H,14,17). The van der Waals surface area contributed by atoms with Crippen molar-refractivity contribution in [2.75, 3.05) is 25.0 Å². The molecule has 1 rings (SSSR count). The van der Waals surface area contributed by atoms with Crippen LogP contribution >= 0.6 is 11.6 Å². The second-order valence-electron chi connectivity index (χ2n) is 3.36. The van der Waals surface area contributed by atoms with E-state index in [4.69, 9.17) is 16.7 Å². The first kappa shape index (κ1) is 13.7. The van der Waals surface area contributed by atoms with Gasteiger partial charge in [-0.2, -0.15) is 0 Å². The van der Waals surface area contributed by atoms with Gasteiger partial charge in [-0.1, -0.05) is 11.6 Å². The van der Waals surface area contributed by atoms with E-state index in [1.165, 1.54) is 23.1 Å². The van der Waals surface area contributed by atoms with Gasteiger partial charge in [-0.3, -0.25) is 0 Å². The summed E-state index contributed by atoms with van der Waals surface area (Å²) in [4.78, 5) is 13.1. The number of halogens is 2. The van der Waals surface area contributed by atoms with Crippen LogP contribution in [0.25, 0.3) is 0 Å². The second kappa shape index (κ2) is 6.42. The summed E-state index contributed by atoms with van der Waals surface area (Å²) in [5, 5.41) is 11.3. The Hall–Kier alpha value is -1.33. The van der Waals surface area contributed by atoms with Crippen LogP contribution in [0.3, 0.4) is 0 Å². The molecule has 6 heteroatoms. The zero-order chi connectivity index (χ0) is 12.8. The number of rotatable bonds is 4. The molecule has 94 valence electrons. The molecule has 17 heavy (non-hydrogen) atoms. The summed E-state index contributed by atoms with van der Waals surface area (Å²) in [6.07, 6.45) is 0. The first-order chi connectivity index (χ1) is 8.08. The molecule has 0 spiro atoms. The maximum absolute atomic E-state index is 12.9. The molecule has 0 atom stereocenters. The highest BCUT2D eigenvalue weighted by Crippen LogP contribution is 2.19. The van der Waals surface area contributed by atoms with Crippen molar-refractivity contribution in [1.82, 2.24) is 4.90 Å². The van der Waals surface area contributed by atoms with Crippen LogP contribution in [0.2, 0.25) is 5.02 Å². The largest absolute Gasteiger partial charge is 0.395 e. The van der Waals surface area contributed by atoms with Crippen molar-refractivity contribution in [3.05, 3.63) is 29.0 Å². The topological polar surface area (TPSA) is 52.6 Å². The molecule has 4 nitrogen and oxygen atoms in total. The minimum atomic E-state index is -0.535. The van der Waals surface area contributed by atoms with Gasteiger partial charge in [-0.15, -0.1) is 0 Å². The molecule has 2 N–H and O–H groups in total. The van der Waals surface area contributed by atoms with Crippen LogP contribution in [0.1, 0.15) is 6.92 Å². The molecular formula is C11H14ClFN2O2. The number of aliphatic hydroxyl groups is 1. The fraction of sp³-hybridized carbons (Fsp3) is 0.364. The first-order valence-corrected chi connectivity index (χ1v) is 5.58. The van der Waals surface area contributed by atoms with Gasteiger partial charge in [0, 0.05) is 18.8 Å². The quantitative estimate of drug-likeness (QED) is 0.873. The minimum absolute atomic E-state index is 0.0481. The number of amides is 2. The molecule has 1 aromatic carbocycles. The summed E-state index contributed by atoms with van der Waals surface area (Å²) < 4.78 is 12.9. The van der Waals surface area contributed by atoms with E-state index in [2.05, 4.69) is 5.32 Å². The fourth-order valence-electron chi connectivity index (χ4n) is 1.30. The maximum atomic E-state index is 12.9. The zero-order valence-electron chi connectivity index (χ0n) is 9.41. The number of anilines is 1. The third-order valence-electron chi connectivity index (χ3n) is 2.21. The summed E-state index contributed by atoms with van der Waals surface area (Å²) >= 11 is 5.59. The lowest BCUT2D eigenvalue weighted by molar-refractivity contribution is 0.192. The second-order valence-corrected chi connectivity index (χ2v) is 3.77. The van der Waals surface area contributed by atoms with Crippen LogP contribution in [0, 0.1) is 5.82 Å². The van der Waals surface area contributed by atoms with Gasteiger partial charge in [0.25, 0.3) is 0 Å². The van der Waals surface area contributed by atoms with Crippen molar-refractivity contribution in [3.63, 3.8) is 0 Å². The van der Waals surface area contributed by atoms with Crippen LogP contribution in [0.15, 0.2) is 18.2 Å². The molecule has 0 unspecified atom stereocenters. The van der Waals surface area contributed by atoms with Gasteiger partial charge in [-0.05, 0) is 25.1 Å². The number of likely N-dealkylation sites (N-methyl/N-ethyl adjacent to an activating group) is 1. The van der Waals surface area contributed by atoms with E-state index in [1.54, 1.807) is 6.92 Å². The van der Waals surface area contributed by atoms with Gasteiger partial charge in [0.15, 0.2) is 0 Å². The van der Waals surface area contributed by atoms with E-state index in [9.17, 15) is 9.18 Å². The number of urea groups is 1. The molecule has 0 bridgehead atoms. The predicted octanol–water partition coefficient (Wildman–Crippen LogP) is 2.33. The van der Waals surface area contributed by atoms with Crippen LogP contribution in [0.5, 0.6) is 0 Å². The Morgan fingerprint density at radius 1 is 1.59 bits per heavy atom. The molecule has 1 aromatic rings. The Morgan fingerprint density at radius 2 is 2.29 bits per heavy atom. The molecule has 0 radical (unpaired) electrons. The van der Waals surface area contributed by atoms with Crippen molar-refractivity contribution in [3.8, 4) is 0 Å². The third kappa shape index (κ3) is 3.87. The van der Waals surface area contributed by atoms with Gasteiger partial charge < -0.3 is 15.3 Å². The molecule has 0 aliphatic heterocycles. The Bertz CT molecular complexity index is 401. The Morgan fingerprint density at radius 3 is 2.82 bits per heavy atom. The number of hydrogen-bond acceptors (Lipinski definition) is 2. The molecular weight excluding hydrogens is 247 g/mol. The Labute approximate surface area is 104 Å². The summed E-state index contributed by atoms with van der Waals surface area (Å²) in [6.45, 7) is 2.41. The van der Waals surface area contributed by atoms with E-state index in [1.807, 2.05) is 0 Å². The van der Waals surface area contributed by atoms with Crippen LogP contribution in [-0.2, 0) is 0 Å². The maximum Gasteiger partial charge on any atom is 0.321 e. The van der Waals surface area contributed by atoms with Gasteiger partial charge in [0.2, 0.25) is 0 Å². The SMILES string of the molecule is CCN(CCO)C(=O)Nc1ccc(F)c(Cl)c1. The number of nitrogens with zero attached hydrogens (tertiary/aromatic N) is 1. The van der Waals surface area contributed by atoms with E-state index in [-0.39, 0.29) is 24.2 Å². The highest BCUT2D eigenvalue weighted by atomic mass is 35.5. The number of nitrogens with one attached hydrogen (secondary N) is 1. The molecule has 0 fully saturated rings. The number of hydrogen-bond donors (Lipinski definition) is 2. The van der Waals surface area contributed by atoms with Gasteiger partial charge >= 0.3 is 6.03 Å². The highest BCUT2D eigenvalue weighted by molar-refractivity contribution is 6.31. The molecule has 2 amide bonds.